The molecule has 0 radical (unpaired) electrons. The van der Waals surface area contributed by atoms with Crippen molar-refractivity contribution >= 4 is 0 Å². The maximum Gasteiger partial charge on any atom is 0.0855 e. The molecule has 0 spiro atoms. The van der Waals surface area contributed by atoms with Crippen molar-refractivity contribution in [1.29, 1.82) is 0 Å². The number of nitrogens with zero attached hydrogens (tertiary/aromatic N) is 2. The van der Waals surface area contributed by atoms with E-state index in [2.05, 4.69) is 29.4 Å². The number of fused-ring (bicyclic) bond motifs is 1. The summed E-state index contributed by atoms with van der Waals surface area (Å²) in [5, 5.41) is 14.5. The standard InChI is InChI=1S/C14H16N2O/c1-16-9-13(8-15-16)14(17)12-6-10-4-2-3-5-11(10)7-12/h2-5,8-9,12,14,17H,6-7H2,1H3. The summed E-state index contributed by atoms with van der Waals surface area (Å²) in [5.41, 5.74) is 3.67. The van der Waals surface area contributed by atoms with E-state index in [0.717, 1.165) is 18.4 Å². The molecule has 1 aromatic carbocycles. The molecule has 1 unspecified atom stereocenters. The highest BCUT2D eigenvalue weighted by atomic mass is 16.3. The molecule has 0 aliphatic heterocycles. The number of hydrogen-bond donors (Lipinski definition) is 1. The molecular formula is C14H16N2O. The minimum absolute atomic E-state index is 0.289. The Balaban J connectivity index is 1.80. The summed E-state index contributed by atoms with van der Waals surface area (Å²) < 4.78 is 1.74. The average molecular weight is 228 g/mol. The van der Waals surface area contributed by atoms with Crippen LogP contribution < -0.4 is 0 Å². The molecule has 0 saturated carbocycles. The van der Waals surface area contributed by atoms with Crippen LogP contribution in [0.25, 0.3) is 0 Å². The molecule has 0 saturated heterocycles. The molecule has 88 valence electrons. The largest absolute Gasteiger partial charge is 0.388 e. The lowest BCUT2D eigenvalue weighted by Gasteiger charge is -2.15. The fourth-order valence-electron chi connectivity index (χ4n) is 2.68. The maximum absolute atomic E-state index is 10.4. The second-order valence-electron chi connectivity index (χ2n) is 4.83. The normalized spacial score (nSPS) is 17.1. The Bertz CT molecular complexity index is 508. The van der Waals surface area contributed by atoms with Crippen molar-refractivity contribution in [1.82, 2.24) is 9.78 Å². The first kappa shape index (κ1) is 10.5. The van der Waals surface area contributed by atoms with Crippen LogP contribution in [-0.2, 0) is 19.9 Å². The molecule has 0 bridgehead atoms. The summed E-state index contributed by atoms with van der Waals surface area (Å²) in [5.74, 6) is 0.289. The van der Waals surface area contributed by atoms with Gasteiger partial charge in [-0.2, -0.15) is 5.10 Å². The van der Waals surface area contributed by atoms with Crippen molar-refractivity contribution in [3.8, 4) is 0 Å². The van der Waals surface area contributed by atoms with E-state index in [-0.39, 0.29) is 5.92 Å². The van der Waals surface area contributed by atoms with E-state index in [4.69, 9.17) is 0 Å². The van der Waals surface area contributed by atoms with Gasteiger partial charge < -0.3 is 5.11 Å². The molecule has 1 aliphatic carbocycles. The van der Waals surface area contributed by atoms with E-state index >= 15 is 0 Å². The van der Waals surface area contributed by atoms with Gasteiger partial charge in [0.15, 0.2) is 0 Å². The van der Waals surface area contributed by atoms with E-state index in [1.807, 2.05) is 13.2 Å². The number of aromatic nitrogens is 2. The van der Waals surface area contributed by atoms with Gasteiger partial charge in [-0.1, -0.05) is 24.3 Å². The third kappa shape index (κ3) is 1.87. The number of aryl methyl sites for hydroxylation is 1. The summed E-state index contributed by atoms with van der Waals surface area (Å²) in [6.07, 6.45) is 5.18. The SMILES string of the molecule is Cn1cc(C(O)C2Cc3ccccc3C2)cn1. The predicted molar refractivity (Wildman–Crippen MR) is 65.5 cm³/mol. The van der Waals surface area contributed by atoms with Crippen LogP contribution in [0.2, 0.25) is 0 Å². The zero-order valence-corrected chi connectivity index (χ0v) is 9.87. The molecular weight excluding hydrogens is 212 g/mol. The highest BCUT2D eigenvalue weighted by molar-refractivity contribution is 5.33. The van der Waals surface area contributed by atoms with Gasteiger partial charge in [-0.15, -0.1) is 0 Å². The summed E-state index contributed by atoms with van der Waals surface area (Å²) in [6.45, 7) is 0. The smallest absolute Gasteiger partial charge is 0.0855 e. The Morgan fingerprint density at radius 3 is 2.47 bits per heavy atom. The van der Waals surface area contributed by atoms with E-state index < -0.39 is 6.10 Å². The van der Waals surface area contributed by atoms with Crippen molar-refractivity contribution in [2.75, 3.05) is 0 Å². The minimum atomic E-state index is -0.406. The first-order valence-corrected chi connectivity index (χ1v) is 5.97. The van der Waals surface area contributed by atoms with Gasteiger partial charge in [0, 0.05) is 18.8 Å². The van der Waals surface area contributed by atoms with Crippen molar-refractivity contribution in [3.63, 3.8) is 0 Å². The lowest BCUT2D eigenvalue weighted by molar-refractivity contribution is 0.113. The van der Waals surface area contributed by atoms with Gasteiger partial charge in [-0.05, 0) is 29.9 Å². The molecule has 3 nitrogen and oxygen atoms in total. The van der Waals surface area contributed by atoms with Crippen LogP contribution in [0.1, 0.15) is 22.8 Å². The van der Waals surface area contributed by atoms with Gasteiger partial charge >= 0.3 is 0 Å². The van der Waals surface area contributed by atoms with Crippen LogP contribution in [-0.4, -0.2) is 14.9 Å². The van der Waals surface area contributed by atoms with E-state index in [1.165, 1.54) is 11.1 Å². The highest BCUT2D eigenvalue weighted by Crippen LogP contribution is 2.34. The summed E-state index contributed by atoms with van der Waals surface area (Å²) in [4.78, 5) is 0. The fourth-order valence-corrected chi connectivity index (χ4v) is 2.68. The van der Waals surface area contributed by atoms with E-state index in [9.17, 15) is 5.11 Å². The molecule has 0 amide bonds. The molecule has 1 aliphatic rings. The number of aliphatic hydroxyl groups excluding tert-OH is 1. The maximum atomic E-state index is 10.4. The lowest BCUT2D eigenvalue weighted by Crippen LogP contribution is -2.12. The third-order valence-corrected chi connectivity index (χ3v) is 3.60. The van der Waals surface area contributed by atoms with Crippen molar-refractivity contribution in [3.05, 3.63) is 53.3 Å². The number of rotatable bonds is 2. The molecule has 1 aromatic heterocycles. The minimum Gasteiger partial charge on any atom is -0.388 e. The number of aliphatic hydroxyl groups is 1. The Hall–Kier alpha value is -1.61. The molecule has 1 heterocycles. The van der Waals surface area contributed by atoms with Crippen molar-refractivity contribution in [2.24, 2.45) is 13.0 Å². The van der Waals surface area contributed by atoms with Crippen LogP contribution in [0.3, 0.4) is 0 Å². The van der Waals surface area contributed by atoms with Gasteiger partial charge in [-0.25, -0.2) is 0 Å². The first-order chi connectivity index (χ1) is 8.24. The zero-order valence-electron chi connectivity index (χ0n) is 9.87. The van der Waals surface area contributed by atoms with Crippen LogP contribution in [0, 0.1) is 5.92 Å². The molecule has 1 atom stereocenters. The molecule has 0 fully saturated rings. The second-order valence-corrected chi connectivity index (χ2v) is 4.83. The summed E-state index contributed by atoms with van der Waals surface area (Å²) >= 11 is 0. The lowest BCUT2D eigenvalue weighted by atomic mass is 9.95. The topological polar surface area (TPSA) is 38.0 Å². The number of benzene rings is 1. The van der Waals surface area contributed by atoms with Crippen molar-refractivity contribution < 1.29 is 5.11 Å². The summed E-state index contributed by atoms with van der Waals surface area (Å²) in [6, 6.07) is 8.45. The molecule has 1 N–H and O–H groups in total. The zero-order chi connectivity index (χ0) is 11.8. The first-order valence-electron chi connectivity index (χ1n) is 5.97. The monoisotopic (exact) mass is 228 g/mol. The number of hydrogen-bond acceptors (Lipinski definition) is 2. The predicted octanol–water partition coefficient (Wildman–Crippen LogP) is 1.87. The second kappa shape index (κ2) is 4.00. The quantitative estimate of drug-likeness (QED) is 0.852. The Kier molecular flexibility index (Phi) is 2.48. The van der Waals surface area contributed by atoms with E-state index in [1.54, 1.807) is 10.9 Å². The van der Waals surface area contributed by atoms with E-state index in [0.29, 0.717) is 0 Å². The molecule has 2 aromatic rings. The van der Waals surface area contributed by atoms with Gasteiger partial charge in [0.1, 0.15) is 0 Å². The Morgan fingerprint density at radius 2 is 1.94 bits per heavy atom. The third-order valence-electron chi connectivity index (χ3n) is 3.60. The average Bonchev–Trinajstić information content (AvgIpc) is 2.93. The Labute approximate surface area is 101 Å². The van der Waals surface area contributed by atoms with Crippen molar-refractivity contribution in [2.45, 2.75) is 18.9 Å². The van der Waals surface area contributed by atoms with Crippen LogP contribution in [0.5, 0.6) is 0 Å². The molecule has 3 heteroatoms. The molecule has 3 rings (SSSR count). The van der Waals surface area contributed by atoms with Gasteiger partial charge in [0.2, 0.25) is 0 Å². The van der Waals surface area contributed by atoms with Gasteiger partial charge in [-0.3, -0.25) is 4.68 Å². The summed E-state index contributed by atoms with van der Waals surface area (Å²) in [7, 11) is 1.87. The molecule has 17 heavy (non-hydrogen) atoms. The van der Waals surface area contributed by atoms with Gasteiger partial charge in [0.25, 0.3) is 0 Å². The fraction of sp³-hybridized carbons (Fsp3) is 0.357. The van der Waals surface area contributed by atoms with Gasteiger partial charge in [0.05, 0.1) is 12.3 Å². The van der Waals surface area contributed by atoms with Crippen LogP contribution in [0.4, 0.5) is 0 Å². The highest BCUT2D eigenvalue weighted by Gasteiger charge is 2.28. The van der Waals surface area contributed by atoms with Crippen LogP contribution >= 0.6 is 0 Å². The Morgan fingerprint density at radius 1 is 1.29 bits per heavy atom. The van der Waals surface area contributed by atoms with Crippen LogP contribution in [0.15, 0.2) is 36.7 Å².